The number of carbonyl (C=O) groups is 2. The molecule has 4 N–H and O–H groups in total. The highest BCUT2D eigenvalue weighted by atomic mass is 32.2. The smallest absolute Gasteiger partial charge is 0.267 e. The van der Waals surface area contributed by atoms with Crippen molar-refractivity contribution in [2.75, 3.05) is 6.26 Å². The van der Waals surface area contributed by atoms with E-state index in [-0.39, 0.29) is 39.2 Å². The predicted molar refractivity (Wildman–Crippen MR) is 128 cm³/mol. The zero-order valence-electron chi connectivity index (χ0n) is 19.2. The zero-order valence-corrected chi connectivity index (χ0v) is 20.0. The zero-order chi connectivity index (χ0) is 25.7. The van der Waals surface area contributed by atoms with Crippen LogP contribution in [-0.4, -0.2) is 41.3 Å². The van der Waals surface area contributed by atoms with E-state index in [9.17, 15) is 22.4 Å². The number of rotatable bonds is 6. The standard InChI is InChI=1S/C24H22FN5O4S/c1-12-18(13(2)30(29-12)11-14-7-9-15(10-8-14)35(3,33)34)20-21(23(26)31)19-16(25)5-4-6-17(19)28-22(20)24(27)32/h4-10H,11H2,1-3H3,(H2,26,31)(H2,27,32). The van der Waals surface area contributed by atoms with Crippen molar-refractivity contribution >= 4 is 32.6 Å². The van der Waals surface area contributed by atoms with Gasteiger partial charge in [0.2, 0.25) is 5.91 Å². The minimum atomic E-state index is -3.33. The third-order valence-electron chi connectivity index (χ3n) is 5.76. The quantitative estimate of drug-likeness (QED) is 0.419. The van der Waals surface area contributed by atoms with Gasteiger partial charge in [0.1, 0.15) is 11.5 Å². The summed E-state index contributed by atoms with van der Waals surface area (Å²) in [6, 6.07) is 10.4. The van der Waals surface area contributed by atoms with Crippen molar-refractivity contribution in [3.05, 3.63) is 76.5 Å². The molecule has 9 nitrogen and oxygen atoms in total. The lowest BCUT2D eigenvalue weighted by Gasteiger charge is -2.15. The Morgan fingerprint density at radius 1 is 1.00 bits per heavy atom. The Balaban J connectivity index is 1.94. The van der Waals surface area contributed by atoms with Crippen molar-refractivity contribution in [3.8, 4) is 11.1 Å². The van der Waals surface area contributed by atoms with E-state index in [1.807, 2.05) is 0 Å². The number of aryl methyl sites for hydroxylation is 1. The summed E-state index contributed by atoms with van der Waals surface area (Å²) in [4.78, 5) is 29.4. The number of aromatic nitrogens is 3. The fourth-order valence-electron chi connectivity index (χ4n) is 4.17. The number of carbonyl (C=O) groups excluding carboxylic acids is 2. The van der Waals surface area contributed by atoms with Crippen molar-refractivity contribution in [2.45, 2.75) is 25.3 Å². The molecule has 0 unspecified atom stereocenters. The third-order valence-corrected chi connectivity index (χ3v) is 6.88. The first kappa shape index (κ1) is 24.0. The number of sulfone groups is 1. The molecular weight excluding hydrogens is 473 g/mol. The van der Waals surface area contributed by atoms with Crippen molar-refractivity contribution < 1.29 is 22.4 Å². The Bertz CT molecular complexity index is 1630. The van der Waals surface area contributed by atoms with Crippen molar-refractivity contribution in [1.82, 2.24) is 14.8 Å². The molecule has 0 aliphatic heterocycles. The van der Waals surface area contributed by atoms with Crippen molar-refractivity contribution in [3.63, 3.8) is 0 Å². The highest BCUT2D eigenvalue weighted by Gasteiger charge is 2.28. The van der Waals surface area contributed by atoms with Gasteiger partial charge in [0.15, 0.2) is 9.84 Å². The van der Waals surface area contributed by atoms with Crippen LogP contribution in [-0.2, 0) is 16.4 Å². The fraction of sp³-hybridized carbons (Fsp3) is 0.167. The van der Waals surface area contributed by atoms with Crippen LogP contribution in [0.1, 0.15) is 37.8 Å². The van der Waals surface area contributed by atoms with Crippen LogP contribution in [0.15, 0.2) is 47.4 Å². The van der Waals surface area contributed by atoms with Gasteiger partial charge in [0.25, 0.3) is 5.91 Å². The molecule has 0 aliphatic carbocycles. The molecule has 4 rings (SSSR count). The molecule has 0 saturated heterocycles. The molecule has 0 aliphatic rings. The first-order chi connectivity index (χ1) is 16.4. The average molecular weight is 496 g/mol. The summed E-state index contributed by atoms with van der Waals surface area (Å²) in [6.45, 7) is 3.66. The maximum Gasteiger partial charge on any atom is 0.267 e. The lowest BCUT2D eigenvalue weighted by Crippen LogP contribution is -2.21. The van der Waals surface area contributed by atoms with Gasteiger partial charge in [-0.2, -0.15) is 5.10 Å². The van der Waals surface area contributed by atoms with Crippen LogP contribution in [0.25, 0.3) is 22.0 Å². The van der Waals surface area contributed by atoms with E-state index in [0.717, 1.165) is 11.8 Å². The van der Waals surface area contributed by atoms with Gasteiger partial charge >= 0.3 is 0 Å². The molecule has 2 aromatic carbocycles. The first-order valence-corrected chi connectivity index (χ1v) is 12.3. The second-order valence-electron chi connectivity index (χ2n) is 8.19. The molecule has 180 valence electrons. The molecule has 2 aromatic heterocycles. The van der Waals surface area contributed by atoms with Crippen LogP contribution in [0.2, 0.25) is 0 Å². The molecular formula is C24H22FN5O4S. The second kappa shape index (κ2) is 8.58. The number of benzene rings is 2. The third kappa shape index (κ3) is 4.26. The Morgan fingerprint density at radius 2 is 1.66 bits per heavy atom. The number of hydrogen-bond donors (Lipinski definition) is 2. The monoisotopic (exact) mass is 495 g/mol. The molecule has 11 heteroatoms. The van der Waals surface area contributed by atoms with E-state index in [1.54, 1.807) is 30.7 Å². The molecule has 0 spiro atoms. The summed E-state index contributed by atoms with van der Waals surface area (Å²) in [5.41, 5.74) is 13.1. The molecule has 0 fully saturated rings. The van der Waals surface area contributed by atoms with E-state index in [0.29, 0.717) is 17.0 Å². The molecule has 2 amide bonds. The number of nitrogens with zero attached hydrogens (tertiary/aromatic N) is 3. The molecule has 0 atom stereocenters. The number of amides is 2. The number of fused-ring (bicyclic) bond motifs is 1. The lowest BCUT2D eigenvalue weighted by atomic mass is 9.92. The van der Waals surface area contributed by atoms with Gasteiger partial charge in [-0.1, -0.05) is 18.2 Å². The van der Waals surface area contributed by atoms with E-state index in [4.69, 9.17) is 11.5 Å². The number of hydrogen-bond acceptors (Lipinski definition) is 6. The Morgan fingerprint density at radius 3 is 2.23 bits per heavy atom. The van der Waals surface area contributed by atoms with Gasteiger partial charge in [0.05, 0.1) is 28.2 Å². The summed E-state index contributed by atoms with van der Waals surface area (Å²) in [5.74, 6) is -2.56. The first-order valence-electron chi connectivity index (χ1n) is 10.4. The molecule has 0 radical (unpaired) electrons. The number of nitrogens with two attached hydrogens (primary N) is 2. The van der Waals surface area contributed by atoms with Crippen LogP contribution >= 0.6 is 0 Å². The van der Waals surface area contributed by atoms with E-state index < -0.39 is 27.5 Å². The Kier molecular flexibility index (Phi) is 5.89. The Hall–Kier alpha value is -4.12. The maximum atomic E-state index is 14.8. The minimum absolute atomic E-state index is 0.0243. The largest absolute Gasteiger partial charge is 0.366 e. The van der Waals surface area contributed by atoms with Crippen LogP contribution in [0.5, 0.6) is 0 Å². The average Bonchev–Trinajstić information content (AvgIpc) is 3.04. The topological polar surface area (TPSA) is 151 Å². The summed E-state index contributed by atoms with van der Waals surface area (Å²) in [6.07, 6.45) is 1.13. The number of primary amides is 2. The highest BCUT2D eigenvalue weighted by molar-refractivity contribution is 7.90. The van der Waals surface area contributed by atoms with Gasteiger partial charge in [0, 0.05) is 28.5 Å². The molecule has 35 heavy (non-hydrogen) atoms. The minimum Gasteiger partial charge on any atom is -0.366 e. The predicted octanol–water partition coefficient (Wildman–Crippen LogP) is 2.50. The second-order valence-corrected chi connectivity index (χ2v) is 10.2. The SMILES string of the molecule is Cc1nn(Cc2ccc(S(C)(=O)=O)cc2)c(C)c1-c1c(C(N)=O)nc2cccc(F)c2c1C(N)=O. The van der Waals surface area contributed by atoms with Crippen molar-refractivity contribution in [2.24, 2.45) is 11.5 Å². The van der Waals surface area contributed by atoms with Crippen LogP contribution in [0, 0.1) is 19.7 Å². The van der Waals surface area contributed by atoms with E-state index in [1.165, 1.54) is 30.3 Å². The summed E-state index contributed by atoms with van der Waals surface area (Å²) in [5, 5.41) is 4.42. The summed E-state index contributed by atoms with van der Waals surface area (Å²) >= 11 is 0. The normalized spacial score (nSPS) is 11.7. The van der Waals surface area contributed by atoms with Crippen LogP contribution < -0.4 is 11.5 Å². The highest BCUT2D eigenvalue weighted by Crippen LogP contribution is 2.37. The lowest BCUT2D eigenvalue weighted by molar-refractivity contribution is 0.0996. The van der Waals surface area contributed by atoms with Crippen molar-refractivity contribution in [1.29, 1.82) is 0 Å². The maximum absolute atomic E-state index is 14.8. The number of halogens is 1. The van der Waals surface area contributed by atoms with E-state index in [2.05, 4.69) is 10.1 Å². The van der Waals surface area contributed by atoms with Crippen LogP contribution in [0.4, 0.5) is 4.39 Å². The van der Waals surface area contributed by atoms with Gasteiger partial charge in [-0.05, 0) is 43.7 Å². The van der Waals surface area contributed by atoms with Gasteiger partial charge in [-0.25, -0.2) is 17.8 Å². The van der Waals surface area contributed by atoms with Gasteiger partial charge in [-0.15, -0.1) is 0 Å². The van der Waals surface area contributed by atoms with Gasteiger partial charge < -0.3 is 11.5 Å². The van der Waals surface area contributed by atoms with E-state index >= 15 is 0 Å². The molecule has 2 heterocycles. The van der Waals surface area contributed by atoms with Gasteiger partial charge in [-0.3, -0.25) is 14.3 Å². The molecule has 0 bridgehead atoms. The van der Waals surface area contributed by atoms with Crippen LogP contribution in [0.3, 0.4) is 0 Å². The summed E-state index contributed by atoms with van der Waals surface area (Å²) < 4.78 is 39.9. The Labute approximate surface area is 200 Å². The number of pyridine rings is 1. The summed E-state index contributed by atoms with van der Waals surface area (Å²) in [7, 11) is -3.33. The fourth-order valence-corrected chi connectivity index (χ4v) is 4.80. The molecule has 0 saturated carbocycles. The molecule has 4 aromatic rings.